The summed E-state index contributed by atoms with van der Waals surface area (Å²) in [6.45, 7) is 6.91. The van der Waals surface area contributed by atoms with Crippen LogP contribution < -0.4 is 15.0 Å². The topological polar surface area (TPSA) is 44.8 Å². The molecule has 1 heterocycles. The van der Waals surface area contributed by atoms with Gasteiger partial charge in [-0.2, -0.15) is 0 Å². The highest BCUT2D eigenvalue weighted by atomic mass is 79.9. The van der Waals surface area contributed by atoms with Gasteiger partial charge < -0.3 is 15.0 Å². The summed E-state index contributed by atoms with van der Waals surface area (Å²) in [7, 11) is 1.95. The van der Waals surface area contributed by atoms with Crippen LogP contribution in [0.25, 0.3) is 0 Å². The Morgan fingerprint density at radius 1 is 1.33 bits per heavy atom. The van der Waals surface area contributed by atoms with Gasteiger partial charge in [0.05, 0.1) is 18.8 Å². The molecule has 1 aliphatic rings. The van der Waals surface area contributed by atoms with Crippen molar-refractivity contribution < 1.29 is 9.53 Å². The molecule has 1 amide bonds. The van der Waals surface area contributed by atoms with E-state index in [0.29, 0.717) is 13.1 Å². The van der Waals surface area contributed by atoms with Gasteiger partial charge in [-0.3, -0.25) is 9.69 Å². The number of halogens is 1. The molecule has 1 aliphatic heterocycles. The van der Waals surface area contributed by atoms with Crippen LogP contribution in [0.15, 0.2) is 46.9 Å². The summed E-state index contributed by atoms with van der Waals surface area (Å²) < 4.78 is 7.15. The molecule has 5 nitrogen and oxygen atoms in total. The Kier molecular flexibility index (Phi) is 6.39. The zero-order valence-electron chi connectivity index (χ0n) is 16.0. The van der Waals surface area contributed by atoms with E-state index >= 15 is 0 Å². The third kappa shape index (κ3) is 5.02. The van der Waals surface area contributed by atoms with Crippen LogP contribution in [-0.2, 0) is 4.79 Å². The van der Waals surface area contributed by atoms with E-state index in [1.807, 2.05) is 55.3 Å². The Morgan fingerprint density at radius 3 is 2.85 bits per heavy atom. The third-order valence-corrected chi connectivity index (χ3v) is 5.19. The maximum atomic E-state index is 12.4. The van der Waals surface area contributed by atoms with Crippen molar-refractivity contribution in [2.75, 3.05) is 43.4 Å². The molecule has 0 radical (unpaired) electrons. The monoisotopic (exact) mass is 431 g/mol. The van der Waals surface area contributed by atoms with Crippen LogP contribution in [0.4, 0.5) is 11.4 Å². The van der Waals surface area contributed by atoms with E-state index < -0.39 is 0 Å². The molecular weight excluding hydrogens is 406 g/mol. The average molecular weight is 432 g/mol. The second kappa shape index (κ2) is 8.76. The quantitative estimate of drug-likeness (QED) is 0.752. The number of nitrogens with one attached hydrogen (secondary N) is 1. The number of aryl methyl sites for hydroxylation is 1. The Balaban J connectivity index is 1.56. The molecule has 0 aliphatic carbocycles. The predicted octanol–water partition coefficient (Wildman–Crippen LogP) is 3.92. The number of rotatable bonds is 6. The number of ether oxygens (including phenoxy) is 1. The van der Waals surface area contributed by atoms with Crippen LogP contribution in [0.2, 0.25) is 0 Å². The first kappa shape index (κ1) is 19.7. The predicted molar refractivity (Wildman–Crippen MR) is 114 cm³/mol. The first-order valence-electron chi connectivity index (χ1n) is 9.21. The molecule has 0 aromatic heterocycles. The number of para-hydroxylation sites is 2. The molecule has 6 heteroatoms. The van der Waals surface area contributed by atoms with Crippen molar-refractivity contribution >= 4 is 33.2 Å². The van der Waals surface area contributed by atoms with Crippen molar-refractivity contribution in [1.82, 2.24) is 4.90 Å². The summed E-state index contributed by atoms with van der Waals surface area (Å²) in [6, 6.07) is 14.0. The van der Waals surface area contributed by atoms with Crippen molar-refractivity contribution in [3.05, 3.63) is 52.5 Å². The Hall–Kier alpha value is -2.05. The molecule has 1 atom stereocenters. The first-order chi connectivity index (χ1) is 13.0. The maximum Gasteiger partial charge on any atom is 0.238 e. The van der Waals surface area contributed by atoms with Gasteiger partial charge in [0.2, 0.25) is 5.91 Å². The van der Waals surface area contributed by atoms with E-state index in [1.165, 1.54) is 0 Å². The van der Waals surface area contributed by atoms with E-state index in [2.05, 4.69) is 39.1 Å². The average Bonchev–Trinajstić information content (AvgIpc) is 2.63. The second-order valence-electron chi connectivity index (χ2n) is 6.95. The number of likely N-dealkylation sites (N-methyl/N-ethyl adjacent to an activating group) is 2. The standard InChI is InChI=1S/C21H26BrN3O2/c1-4-25-13-17(27-20-8-6-5-7-19(20)25)12-24(3)14-21(26)23-18-10-9-16(22)11-15(18)2/h5-11,17H,4,12-14H2,1-3H3,(H,23,26). The molecule has 0 spiro atoms. The van der Waals surface area contributed by atoms with Gasteiger partial charge in [-0.1, -0.05) is 28.1 Å². The van der Waals surface area contributed by atoms with E-state index in [1.54, 1.807) is 0 Å². The molecule has 27 heavy (non-hydrogen) atoms. The van der Waals surface area contributed by atoms with Crippen LogP contribution in [0.1, 0.15) is 12.5 Å². The summed E-state index contributed by atoms with van der Waals surface area (Å²) >= 11 is 3.44. The number of fused-ring (bicyclic) bond motifs is 1. The molecule has 2 aromatic rings. The van der Waals surface area contributed by atoms with Gasteiger partial charge in [0.15, 0.2) is 0 Å². The highest BCUT2D eigenvalue weighted by Crippen LogP contribution is 2.32. The maximum absolute atomic E-state index is 12.4. The number of hydrogen-bond acceptors (Lipinski definition) is 4. The minimum absolute atomic E-state index is 0.0218. The van der Waals surface area contributed by atoms with E-state index in [0.717, 1.165) is 40.2 Å². The Morgan fingerprint density at radius 2 is 2.11 bits per heavy atom. The van der Waals surface area contributed by atoms with Crippen LogP contribution >= 0.6 is 15.9 Å². The number of carbonyl (C=O) groups excluding carboxylic acids is 1. The number of nitrogens with zero attached hydrogens (tertiary/aromatic N) is 2. The van der Waals surface area contributed by atoms with Crippen molar-refractivity contribution in [3.63, 3.8) is 0 Å². The lowest BCUT2D eigenvalue weighted by molar-refractivity contribution is -0.117. The Bertz CT molecular complexity index is 812. The minimum Gasteiger partial charge on any atom is -0.485 e. The fourth-order valence-electron chi connectivity index (χ4n) is 3.39. The van der Waals surface area contributed by atoms with Gasteiger partial charge in [-0.05, 0) is 56.8 Å². The number of benzene rings is 2. The zero-order chi connectivity index (χ0) is 19.4. The van der Waals surface area contributed by atoms with Gasteiger partial charge in [0.1, 0.15) is 11.9 Å². The van der Waals surface area contributed by atoms with Crippen molar-refractivity contribution in [1.29, 1.82) is 0 Å². The van der Waals surface area contributed by atoms with Gasteiger partial charge in [-0.15, -0.1) is 0 Å². The van der Waals surface area contributed by atoms with Gasteiger partial charge >= 0.3 is 0 Å². The fourth-order valence-corrected chi connectivity index (χ4v) is 3.86. The summed E-state index contributed by atoms with van der Waals surface area (Å²) in [4.78, 5) is 16.7. The fraction of sp³-hybridized carbons (Fsp3) is 0.381. The summed E-state index contributed by atoms with van der Waals surface area (Å²) in [6.07, 6.45) is 0.0343. The summed E-state index contributed by atoms with van der Waals surface area (Å²) in [5.74, 6) is 0.894. The van der Waals surface area contributed by atoms with Crippen LogP contribution in [0.5, 0.6) is 5.75 Å². The van der Waals surface area contributed by atoms with Crippen LogP contribution in [-0.4, -0.2) is 50.1 Å². The Labute approximate surface area is 169 Å². The lowest BCUT2D eigenvalue weighted by Crippen LogP contribution is -2.46. The van der Waals surface area contributed by atoms with E-state index in [-0.39, 0.29) is 12.0 Å². The van der Waals surface area contributed by atoms with Gasteiger partial charge in [0.25, 0.3) is 0 Å². The smallest absolute Gasteiger partial charge is 0.238 e. The molecular formula is C21H26BrN3O2. The highest BCUT2D eigenvalue weighted by Gasteiger charge is 2.25. The molecule has 1 N–H and O–H groups in total. The molecule has 144 valence electrons. The van der Waals surface area contributed by atoms with E-state index in [9.17, 15) is 4.79 Å². The van der Waals surface area contributed by atoms with Gasteiger partial charge in [-0.25, -0.2) is 0 Å². The molecule has 0 fully saturated rings. The zero-order valence-corrected chi connectivity index (χ0v) is 17.6. The number of anilines is 2. The molecule has 0 bridgehead atoms. The third-order valence-electron chi connectivity index (χ3n) is 4.70. The van der Waals surface area contributed by atoms with E-state index in [4.69, 9.17) is 4.74 Å². The summed E-state index contributed by atoms with van der Waals surface area (Å²) in [5.41, 5.74) is 3.02. The first-order valence-corrected chi connectivity index (χ1v) is 10.0. The van der Waals surface area contributed by atoms with Crippen molar-refractivity contribution in [3.8, 4) is 5.75 Å². The normalized spacial score (nSPS) is 16.0. The largest absolute Gasteiger partial charge is 0.485 e. The molecule has 0 saturated heterocycles. The number of hydrogen-bond donors (Lipinski definition) is 1. The lowest BCUT2D eigenvalue weighted by Gasteiger charge is -2.37. The van der Waals surface area contributed by atoms with Crippen molar-refractivity contribution in [2.45, 2.75) is 20.0 Å². The summed E-state index contributed by atoms with van der Waals surface area (Å²) in [5, 5.41) is 2.99. The molecule has 1 unspecified atom stereocenters. The van der Waals surface area contributed by atoms with Crippen molar-refractivity contribution in [2.24, 2.45) is 0 Å². The number of amides is 1. The number of carbonyl (C=O) groups is 1. The second-order valence-corrected chi connectivity index (χ2v) is 7.87. The van der Waals surface area contributed by atoms with Gasteiger partial charge in [0, 0.05) is 23.2 Å². The molecule has 3 rings (SSSR count). The molecule has 0 saturated carbocycles. The molecule has 2 aromatic carbocycles. The highest BCUT2D eigenvalue weighted by molar-refractivity contribution is 9.10. The van der Waals surface area contributed by atoms with Crippen LogP contribution in [0, 0.1) is 6.92 Å². The van der Waals surface area contributed by atoms with Crippen LogP contribution in [0.3, 0.4) is 0 Å². The SMILES string of the molecule is CCN1CC(CN(C)CC(=O)Nc2ccc(Br)cc2C)Oc2ccccc21. The minimum atomic E-state index is -0.0218. The lowest BCUT2D eigenvalue weighted by atomic mass is 10.2.